The van der Waals surface area contributed by atoms with Gasteiger partial charge in [-0.15, -0.1) is 0 Å². The minimum Gasteiger partial charge on any atom is -0.508 e. The van der Waals surface area contributed by atoms with Crippen LogP contribution in [0.25, 0.3) is 0 Å². The van der Waals surface area contributed by atoms with Crippen LogP contribution < -0.4 is 5.32 Å². The zero-order valence-electron chi connectivity index (χ0n) is 13.9. The molecule has 2 N–H and O–H groups in total. The fourth-order valence-electron chi connectivity index (χ4n) is 4.47. The minimum atomic E-state index is 0.381. The Morgan fingerprint density at radius 1 is 1.04 bits per heavy atom. The van der Waals surface area contributed by atoms with E-state index >= 15 is 0 Å². The van der Waals surface area contributed by atoms with Gasteiger partial charge in [0.1, 0.15) is 5.75 Å². The van der Waals surface area contributed by atoms with Gasteiger partial charge in [-0.05, 0) is 65.6 Å². The summed E-state index contributed by atoms with van der Waals surface area (Å²) in [6, 6.07) is 15.5. The van der Waals surface area contributed by atoms with E-state index in [0.29, 0.717) is 29.5 Å². The van der Waals surface area contributed by atoms with E-state index in [-0.39, 0.29) is 0 Å². The number of hydrogen-bond donors (Lipinski definition) is 2. The second kappa shape index (κ2) is 5.68. The van der Waals surface area contributed by atoms with Crippen molar-refractivity contribution in [1.82, 2.24) is 5.32 Å². The van der Waals surface area contributed by atoms with Crippen LogP contribution in [0.2, 0.25) is 0 Å². The molecule has 1 aliphatic heterocycles. The molecule has 120 valence electrons. The molecule has 1 fully saturated rings. The lowest BCUT2D eigenvalue weighted by Gasteiger charge is -2.31. The molecule has 0 bridgehead atoms. The summed E-state index contributed by atoms with van der Waals surface area (Å²) in [6.07, 6.45) is 2.49. The lowest BCUT2D eigenvalue weighted by Crippen LogP contribution is -2.32. The maximum absolute atomic E-state index is 9.99. The maximum Gasteiger partial charge on any atom is 0.115 e. The van der Waals surface area contributed by atoms with E-state index in [1.165, 1.54) is 35.1 Å². The van der Waals surface area contributed by atoms with E-state index in [4.69, 9.17) is 0 Å². The second-order valence-corrected chi connectivity index (χ2v) is 7.35. The van der Waals surface area contributed by atoms with Gasteiger partial charge in [0.15, 0.2) is 0 Å². The molecule has 1 heterocycles. The number of hydrogen-bond acceptors (Lipinski definition) is 2. The van der Waals surface area contributed by atoms with E-state index in [1.54, 1.807) is 0 Å². The van der Waals surface area contributed by atoms with Gasteiger partial charge >= 0.3 is 0 Å². The highest BCUT2D eigenvalue weighted by molar-refractivity contribution is 5.49. The van der Waals surface area contributed by atoms with Crippen molar-refractivity contribution >= 4 is 0 Å². The standard InChI is InChI=1S/C21H25NO/c1-13(2)14-5-7-15(8-6-14)20-18-4-3-11-22-21(18)17-10-9-16(23)12-19(17)20/h5-10,12-13,18,20-23H,3-4,11H2,1-2H3/t18-,20-,21+/m0/s1. The Hall–Kier alpha value is -1.80. The van der Waals surface area contributed by atoms with Crippen LogP contribution in [0.4, 0.5) is 0 Å². The highest BCUT2D eigenvalue weighted by atomic mass is 16.3. The van der Waals surface area contributed by atoms with Crippen LogP contribution >= 0.6 is 0 Å². The van der Waals surface area contributed by atoms with Gasteiger partial charge in [0, 0.05) is 12.0 Å². The number of phenolic OH excluding ortho intramolecular Hbond substituents is 1. The summed E-state index contributed by atoms with van der Waals surface area (Å²) in [7, 11) is 0. The smallest absolute Gasteiger partial charge is 0.115 e. The molecule has 0 spiro atoms. The number of rotatable bonds is 2. The van der Waals surface area contributed by atoms with Crippen LogP contribution in [0.15, 0.2) is 42.5 Å². The number of benzene rings is 2. The molecule has 3 atom stereocenters. The van der Waals surface area contributed by atoms with Gasteiger partial charge in [-0.1, -0.05) is 44.2 Å². The molecule has 1 saturated heterocycles. The Morgan fingerprint density at radius 3 is 2.57 bits per heavy atom. The van der Waals surface area contributed by atoms with Crippen LogP contribution in [0, 0.1) is 5.92 Å². The molecule has 2 nitrogen and oxygen atoms in total. The van der Waals surface area contributed by atoms with Crippen molar-refractivity contribution in [2.24, 2.45) is 5.92 Å². The van der Waals surface area contributed by atoms with Crippen LogP contribution in [-0.2, 0) is 0 Å². The van der Waals surface area contributed by atoms with E-state index in [2.05, 4.69) is 49.5 Å². The van der Waals surface area contributed by atoms with Gasteiger partial charge in [0.2, 0.25) is 0 Å². The third-order valence-corrected chi connectivity index (χ3v) is 5.64. The molecule has 0 unspecified atom stereocenters. The van der Waals surface area contributed by atoms with Crippen molar-refractivity contribution in [3.8, 4) is 5.75 Å². The fourth-order valence-corrected chi connectivity index (χ4v) is 4.47. The van der Waals surface area contributed by atoms with Crippen molar-refractivity contribution < 1.29 is 5.11 Å². The maximum atomic E-state index is 9.99. The molecule has 2 aliphatic rings. The van der Waals surface area contributed by atoms with Gasteiger partial charge in [-0.25, -0.2) is 0 Å². The van der Waals surface area contributed by atoms with Gasteiger partial charge in [0.05, 0.1) is 0 Å². The van der Waals surface area contributed by atoms with Gasteiger partial charge in [-0.2, -0.15) is 0 Å². The molecule has 0 saturated carbocycles. The first-order chi connectivity index (χ1) is 11.1. The summed E-state index contributed by atoms with van der Waals surface area (Å²) in [5, 5.41) is 13.7. The molecule has 2 heteroatoms. The Labute approximate surface area is 138 Å². The molecule has 4 rings (SSSR count). The van der Waals surface area contributed by atoms with Crippen LogP contribution in [0.1, 0.15) is 66.8 Å². The van der Waals surface area contributed by atoms with Crippen molar-refractivity contribution in [1.29, 1.82) is 0 Å². The topological polar surface area (TPSA) is 32.3 Å². The number of phenols is 1. The van der Waals surface area contributed by atoms with E-state index in [1.807, 2.05) is 12.1 Å². The number of piperidine rings is 1. The molecule has 2 aromatic carbocycles. The van der Waals surface area contributed by atoms with Gasteiger partial charge < -0.3 is 10.4 Å². The van der Waals surface area contributed by atoms with E-state index in [9.17, 15) is 5.11 Å². The Kier molecular flexibility index (Phi) is 3.65. The predicted molar refractivity (Wildman–Crippen MR) is 93.9 cm³/mol. The Bertz CT molecular complexity index is 704. The molecule has 23 heavy (non-hydrogen) atoms. The first kappa shape index (κ1) is 14.8. The van der Waals surface area contributed by atoms with Gasteiger partial charge in [-0.3, -0.25) is 0 Å². The molecular formula is C21H25NO. The lowest BCUT2D eigenvalue weighted by molar-refractivity contribution is 0.287. The monoisotopic (exact) mass is 307 g/mol. The molecule has 1 aliphatic carbocycles. The SMILES string of the molecule is CC(C)c1ccc([C@@H]2c3cc(O)ccc3[C@H]3NCCC[C@@H]23)cc1. The summed E-state index contributed by atoms with van der Waals surface area (Å²) in [5.41, 5.74) is 5.47. The normalized spacial score (nSPS) is 26.1. The fraction of sp³-hybridized carbons (Fsp3) is 0.429. The molecule has 0 radical (unpaired) electrons. The highest BCUT2D eigenvalue weighted by Crippen LogP contribution is 2.52. The minimum absolute atomic E-state index is 0.381. The van der Waals surface area contributed by atoms with Gasteiger partial charge in [0.25, 0.3) is 0 Å². The third kappa shape index (κ3) is 2.46. The highest BCUT2D eigenvalue weighted by Gasteiger charge is 2.42. The predicted octanol–water partition coefficient (Wildman–Crippen LogP) is 4.70. The average Bonchev–Trinajstić information content (AvgIpc) is 2.88. The summed E-state index contributed by atoms with van der Waals surface area (Å²) >= 11 is 0. The number of fused-ring (bicyclic) bond motifs is 3. The Balaban J connectivity index is 1.78. The number of aromatic hydroxyl groups is 1. The summed E-state index contributed by atoms with van der Waals surface area (Å²) in [5.74, 6) is 1.95. The van der Waals surface area contributed by atoms with Crippen LogP contribution in [0.3, 0.4) is 0 Å². The van der Waals surface area contributed by atoms with Crippen molar-refractivity contribution in [2.75, 3.05) is 6.54 Å². The van der Waals surface area contributed by atoms with Crippen LogP contribution in [0.5, 0.6) is 5.75 Å². The zero-order valence-corrected chi connectivity index (χ0v) is 13.9. The Morgan fingerprint density at radius 2 is 1.83 bits per heavy atom. The summed E-state index contributed by atoms with van der Waals surface area (Å²) < 4.78 is 0. The zero-order chi connectivity index (χ0) is 16.0. The second-order valence-electron chi connectivity index (χ2n) is 7.35. The van der Waals surface area contributed by atoms with Crippen molar-refractivity contribution in [2.45, 2.75) is 44.6 Å². The lowest BCUT2D eigenvalue weighted by atomic mass is 9.80. The molecule has 0 aromatic heterocycles. The molecule has 2 aromatic rings. The summed E-state index contributed by atoms with van der Waals surface area (Å²) in [6.45, 7) is 5.57. The summed E-state index contributed by atoms with van der Waals surface area (Å²) in [4.78, 5) is 0. The molecule has 0 amide bonds. The average molecular weight is 307 g/mol. The largest absolute Gasteiger partial charge is 0.508 e. The van der Waals surface area contributed by atoms with Crippen LogP contribution in [-0.4, -0.2) is 11.7 Å². The first-order valence-electron chi connectivity index (χ1n) is 8.81. The van der Waals surface area contributed by atoms with E-state index in [0.717, 1.165) is 6.54 Å². The van der Waals surface area contributed by atoms with Crippen molar-refractivity contribution in [3.63, 3.8) is 0 Å². The van der Waals surface area contributed by atoms with Crippen molar-refractivity contribution in [3.05, 3.63) is 64.7 Å². The third-order valence-electron chi connectivity index (χ3n) is 5.64. The number of nitrogens with one attached hydrogen (secondary N) is 1. The molecular weight excluding hydrogens is 282 g/mol. The van der Waals surface area contributed by atoms with E-state index < -0.39 is 0 Å². The quantitative estimate of drug-likeness (QED) is 0.842. The first-order valence-corrected chi connectivity index (χ1v) is 8.81.